The van der Waals surface area contributed by atoms with Crippen LogP contribution in [-0.4, -0.2) is 33.5 Å². The quantitative estimate of drug-likeness (QED) is 0.748. The van der Waals surface area contributed by atoms with Crippen molar-refractivity contribution in [1.29, 1.82) is 0 Å². The standard InChI is InChI=1S/C15H11NO5/c17-10-6-4-9(5-7-10)16-8-13-11(14(18)19)2-1-3-12(13)15(20)21/h1-8,17H,(H,18,19)(H,20,21)/b16-8+. The van der Waals surface area contributed by atoms with Crippen LogP contribution in [0.5, 0.6) is 5.75 Å². The van der Waals surface area contributed by atoms with Crippen LogP contribution in [0.4, 0.5) is 5.69 Å². The van der Waals surface area contributed by atoms with Crippen molar-refractivity contribution in [3.8, 4) is 5.75 Å². The lowest BCUT2D eigenvalue weighted by Crippen LogP contribution is -2.09. The fourth-order valence-corrected chi connectivity index (χ4v) is 1.76. The summed E-state index contributed by atoms with van der Waals surface area (Å²) >= 11 is 0. The summed E-state index contributed by atoms with van der Waals surface area (Å²) in [5, 5.41) is 27.4. The van der Waals surface area contributed by atoms with Gasteiger partial charge in [0, 0.05) is 11.8 Å². The summed E-state index contributed by atoms with van der Waals surface area (Å²) in [6, 6.07) is 9.89. The van der Waals surface area contributed by atoms with Crippen LogP contribution >= 0.6 is 0 Å². The summed E-state index contributed by atoms with van der Waals surface area (Å²) in [5.41, 5.74) is 0.199. The Balaban J connectivity index is 2.48. The Hall–Kier alpha value is -3.15. The second-order valence-electron chi connectivity index (χ2n) is 4.15. The van der Waals surface area contributed by atoms with E-state index < -0.39 is 11.9 Å². The van der Waals surface area contributed by atoms with Gasteiger partial charge in [0.15, 0.2) is 0 Å². The Kier molecular flexibility index (Phi) is 3.99. The van der Waals surface area contributed by atoms with E-state index >= 15 is 0 Å². The van der Waals surface area contributed by atoms with Gasteiger partial charge in [0.25, 0.3) is 0 Å². The minimum atomic E-state index is -1.23. The van der Waals surface area contributed by atoms with Gasteiger partial charge in [0.2, 0.25) is 0 Å². The van der Waals surface area contributed by atoms with E-state index in [1.807, 2.05) is 0 Å². The van der Waals surface area contributed by atoms with Crippen molar-refractivity contribution in [2.45, 2.75) is 0 Å². The van der Waals surface area contributed by atoms with Crippen molar-refractivity contribution >= 4 is 23.8 Å². The normalized spacial score (nSPS) is 10.7. The third kappa shape index (κ3) is 3.24. The second kappa shape index (κ2) is 5.87. The fraction of sp³-hybridized carbons (Fsp3) is 0. The lowest BCUT2D eigenvalue weighted by molar-refractivity contribution is 0.0696. The van der Waals surface area contributed by atoms with E-state index in [9.17, 15) is 9.59 Å². The molecule has 0 aliphatic heterocycles. The molecule has 0 atom stereocenters. The first kappa shape index (κ1) is 14.3. The third-order valence-corrected chi connectivity index (χ3v) is 2.76. The highest BCUT2D eigenvalue weighted by atomic mass is 16.4. The van der Waals surface area contributed by atoms with Crippen LogP contribution in [-0.2, 0) is 0 Å². The second-order valence-corrected chi connectivity index (χ2v) is 4.15. The van der Waals surface area contributed by atoms with Gasteiger partial charge in [-0.25, -0.2) is 9.59 Å². The van der Waals surface area contributed by atoms with E-state index in [0.717, 1.165) is 0 Å². The molecular formula is C15H11NO5. The fourth-order valence-electron chi connectivity index (χ4n) is 1.76. The minimum absolute atomic E-state index is 0.0191. The van der Waals surface area contributed by atoms with Gasteiger partial charge in [0.1, 0.15) is 5.75 Å². The molecular weight excluding hydrogens is 274 g/mol. The lowest BCUT2D eigenvalue weighted by Gasteiger charge is -2.05. The first-order valence-electron chi connectivity index (χ1n) is 5.91. The molecule has 0 unspecified atom stereocenters. The summed E-state index contributed by atoms with van der Waals surface area (Å²) in [4.78, 5) is 26.4. The Morgan fingerprint density at radius 2 is 1.43 bits per heavy atom. The highest BCUT2D eigenvalue weighted by Crippen LogP contribution is 2.18. The first-order chi connectivity index (χ1) is 9.99. The molecule has 0 amide bonds. The maximum atomic E-state index is 11.2. The van der Waals surface area contributed by atoms with Crippen molar-refractivity contribution in [3.05, 3.63) is 59.2 Å². The average Bonchev–Trinajstić information content (AvgIpc) is 2.46. The van der Waals surface area contributed by atoms with Crippen LogP contribution < -0.4 is 0 Å². The number of carboxylic acids is 2. The number of aliphatic imine (C=N–C) groups is 1. The Morgan fingerprint density at radius 3 is 1.90 bits per heavy atom. The number of hydrogen-bond acceptors (Lipinski definition) is 4. The zero-order chi connectivity index (χ0) is 15.4. The molecule has 0 saturated heterocycles. The highest BCUT2D eigenvalue weighted by Gasteiger charge is 2.16. The van der Waals surface area contributed by atoms with Crippen molar-refractivity contribution < 1.29 is 24.9 Å². The van der Waals surface area contributed by atoms with Gasteiger partial charge in [-0.1, -0.05) is 6.07 Å². The molecule has 6 heteroatoms. The minimum Gasteiger partial charge on any atom is -0.508 e. The number of phenols is 1. The van der Waals surface area contributed by atoms with Gasteiger partial charge in [-0.05, 0) is 36.4 Å². The van der Waals surface area contributed by atoms with Crippen molar-refractivity contribution in [2.75, 3.05) is 0 Å². The number of carboxylic acid groups (broad SMARTS) is 2. The molecule has 0 bridgehead atoms. The molecule has 3 N–H and O–H groups in total. The molecule has 0 fully saturated rings. The molecule has 0 aliphatic carbocycles. The van der Waals surface area contributed by atoms with Crippen LogP contribution in [0.25, 0.3) is 0 Å². The van der Waals surface area contributed by atoms with Crippen molar-refractivity contribution in [2.24, 2.45) is 4.99 Å². The number of aromatic carboxylic acids is 2. The van der Waals surface area contributed by atoms with Gasteiger partial charge in [-0.2, -0.15) is 0 Å². The maximum Gasteiger partial charge on any atom is 0.336 e. The SMILES string of the molecule is O=C(O)c1cccc(C(=O)O)c1/C=N/c1ccc(O)cc1. The maximum absolute atomic E-state index is 11.2. The summed E-state index contributed by atoms with van der Waals surface area (Å²) in [5.74, 6) is -2.39. The molecule has 2 rings (SSSR count). The monoisotopic (exact) mass is 285 g/mol. The van der Waals surface area contributed by atoms with Crippen LogP contribution in [0.15, 0.2) is 47.5 Å². The summed E-state index contributed by atoms with van der Waals surface area (Å²) in [6.07, 6.45) is 1.19. The van der Waals surface area contributed by atoms with Gasteiger partial charge in [-0.3, -0.25) is 4.99 Å². The predicted octanol–water partition coefficient (Wildman–Crippen LogP) is 2.54. The smallest absolute Gasteiger partial charge is 0.336 e. The Morgan fingerprint density at radius 1 is 0.905 bits per heavy atom. The van der Waals surface area contributed by atoms with E-state index in [0.29, 0.717) is 5.69 Å². The molecule has 0 heterocycles. The van der Waals surface area contributed by atoms with Gasteiger partial charge >= 0.3 is 11.9 Å². The van der Waals surface area contributed by atoms with Crippen molar-refractivity contribution in [3.63, 3.8) is 0 Å². The van der Waals surface area contributed by atoms with Crippen LogP contribution in [0.2, 0.25) is 0 Å². The van der Waals surface area contributed by atoms with Gasteiger partial charge in [0.05, 0.1) is 16.8 Å². The van der Waals surface area contributed by atoms with Gasteiger partial charge in [-0.15, -0.1) is 0 Å². The summed E-state index contributed by atoms with van der Waals surface area (Å²) < 4.78 is 0. The van der Waals surface area contributed by atoms with E-state index in [1.54, 1.807) is 0 Å². The number of carbonyl (C=O) groups is 2. The average molecular weight is 285 g/mol. The highest BCUT2D eigenvalue weighted by molar-refractivity contribution is 6.06. The number of phenolic OH excluding ortho intramolecular Hbond substituents is 1. The zero-order valence-corrected chi connectivity index (χ0v) is 10.7. The van der Waals surface area contributed by atoms with E-state index in [4.69, 9.17) is 15.3 Å². The Bertz CT molecular complexity index is 687. The lowest BCUT2D eigenvalue weighted by atomic mass is 10.0. The molecule has 6 nitrogen and oxygen atoms in total. The third-order valence-electron chi connectivity index (χ3n) is 2.76. The molecule has 0 radical (unpaired) electrons. The number of aromatic hydroxyl groups is 1. The van der Waals surface area contributed by atoms with E-state index in [2.05, 4.69) is 4.99 Å². The van der Waals surface area contributed by atoms with Crippen LogP contribution in [0, 0.1) is 0 Å². The van der Waals surface area contributed by atoms with Crippen LogP contribution in [0.3, 0.4) is 0 Å². The van der Waals surface area contributed by atoms with E-state index in [-0.39, 0.29) is 22.4 Å². The Labute approximate surface area is 119 Å². The molecule has 106 valence electrons. The van der Waals surface area contributed by atoms with Gasteiger partial charge < -0.3 is 15.3 Å². The van der Waals surface area contributed by atoms with E-state index in [1.165, 1.54) is 48.7 Å². The molecule has 21 heavy (non-hydrogen) atoms. The molecule has 2 aromatic rings. The number of hydrogen-bond donors (Lipinski definition) is 3. The topological polar surface area (TPSA) is 107 Å². The molecule has 0 saturated carbocycles. The molecule has 0 spiro atoms. The molecule has 0 aromatic heterocycles. The number of benzene rings is 2. The number of nitrogens with zero attached hydrogens (tertiary/aromatic N) is 1. The predicted molar refractivity (Wildman–Crippen MR) is 75.7 cm³/mol. The molecule has 2 aromatic carbocycles. The first-order valence-corrected chi connectivity index (χ1v) is 5.91. The van der Waals surface area contributed by atoms with Crippen LogP contribution in [0.1, 0.15) is 26.3 Å². The zero-order valence-electron chi connectivity index (χ0n) is 10.7. The number of rotatable bonds is 4. The molecule has 0 aliphatic rings. The van der Waals surface area contributed by atoms with Crippen molar-refractivity contribution in [1.82, 2.24) is 0 Å². The summed E-state index contributed by atoms with van der Waals surface area (Å²) in [7, 11) is 0. The summed E-state index contributed by atoms with van der Waals surface area (Å²) in [6.45, 7) is 0. The largest absolute Gasteiger partial charge is 0.508 e.